The summed E-state index contributed by atoms with van der Waals surface area (Å²) in [7, 11) is 0. The second-order valence-electron chi connectivity index (χ2n) is 6.24. The first-order chi connectivity index (χ1) is 9.63. The smallest absolute Gasteiger partial charge is 0.223 e. The van der Waals surface area contributed by atoms with Gasteiger partial charge in [0.15, 0.2) is 0 Å². The Bertz CT molecular complexity index is 357. The molecule has 1 aliphatic heterocycles. The van der Waals surface area contributed by atoms with E-state index in [1.807, 2.05) is 0 Å². The number of amidine groups is 1. The van der Waals surface area contributed by atoms with E-state index in [4.69, 9.17) is 4.99 Å². The third-order valence-corrected chi connectivity index (χ3v) is 4.45. The molecule has 1 saturated carbocycles. The highest BCUT2D eigenvalue weighted by Gasteiger charge is 2.31. The first kappa shape index (κ1) is 15.3. The lowest BCUT2D eigenvalue weighted by Gasteiger charge is -2.41. The van der Waals surface area contributed by atoms with E-state index in [9.17, 15) is 4.79 Å². The van der Waals surface area contributed by atoms with Crippen LogP contribution in [0.5, 0.6) is 0 Å². The maximum atomic E-state index is 11.9. The van der Waals surface area contributed by atoms with E-state index < -0.39 is 0 Å². The molecule has 113 valence electrons. The van der Waals surface area contributed by atoms with E-state index >= 15 is 0 Å². The van der Waals surface area contributed by atoms with Crippen molar-refractivity contribution in [2.45, 2.75) is 52.0 Å². The molecular formula is C16H28N3O. The first-order valence-corrected chi connectivity index (χ1v) is 8.01. The molecule has 1 amide bonds. The maximum absolute atomic E-state index is 11.9. The standard InChI is InChI=1S/C16H28N3O/c1-4-17-16(20)13-6-8-14(9-7-13)19-11-5-10-18-15(19)12(2)3/h12-14H,1,4-11H2,2-3H3,(H,17,20). The highest BCUT2D eigenvalue weighted by Crippen LogP contribution is 2.29. The van der Waals surface area contributed by atoms with Gasteiger partial charge in [-0.15, -0.1) is 0 Å². The Morgan fingerprint density at radius 2 is 2.10 bits per heavy atom. The third-order valence-electron chi connectivity index (χ3n) is 4.45. The predicted molar refractivity (Wildman–Crippen MR) is 82.6 cm³/mol. The lowest BCUT2D eigenvalue weighted by atomic mass is 9.84. The van der Waals surface area contributed by atoms with Gasteiger partial charge in [-0.1, -0.05) is 13.8 Å². The predicted octanol–water partition coefficient (Wildman–Crippen LogP) is 2.26. The molecule has 1 radical (unpaired) electrons. The van der Waals surface area contributed by atoms with Crippen molar-refractivity contribution >= 4 is 11.7 Å². The molecule has 0 spiro atoms. The average Bonchev–Trinajstić information content (AvgIpc) is 2.47. The number of carbonyl (C=O) groups excluding carboxylic acids is 1. The van der Waals surface area contributed by atoms with Gasteiger partial charge in [-0.25, -0.2) is 0 Å². The van der Waals surface area contributed by atoms with Crippen molar-refractivity contribution in [3.8, 4) is 0 Å². The molecule has 0 bridgehead atoms. The van der Waals surface area contributed by atoms with Crippen molar-refractivity contribution in [2.24, 2.45) is 16.8 Å². The minimum atomic E-state index is 0.190. The van der Waals surface area contributed by atoms with Crippen molar-refractivity contribution in [3.63, 3.8) is 0 Å². The van der Waals surface area contributed by atoms with Crippen molar-refractivity contribution < 1.29 is 4.79 Å². The van der Waals surface area contributed by atoms with Crippen LogP contribution in [0, 0.1) is 18.8 Å². The van der Waals surface area contributed by atoms with Crippen molar-refractivity contribution in [1.29, 1.82) is 0 Å². The molecular weight excluding hydrogens is 250 g/mol. The Labute approximate surface area is 123 Å². The first-order valence-electron chi connectivity index (χ1n) is 8.01. The van der Waals surface area contributed by atoms with Crippen LogP contribution in [0.1, 0.15) is 46.0 Å². The molecule has 4 nitrogen and oxygen atoms in total. The Balaban J connectivity index is 1.91. The van der Waals surface area contributed by atoms with Gasteiger partial charge in [0.1, 0.15) is 5.84 Å². The van der Waals surface area contributed by atoms with Crippen LogP contribution < -0.4 is 5.32 Å². The van der Waals surface area contributed by atoms with E-state index in [2.05, 4.69) is 31.0 Å². The van der Waals surface area contributed by atoms with Gasteiger partial charge >= 0.3 is 0 Å². The van der Waals surface area contributed by atoms with Gasteiger partial charge in [-0.3, -0.25) is 9.79 Å². The largest absolute Gasteiger partial charge is 0.357 e. The quantitative estimate of drug-likeness (QED) is 0.857. The van der Waals surface area contributed by atoms with Gasteiger partial charge in [-0.05, 0) is 39.0 Å². The third kappa shape index (κ3) is 3.53. The van der Waals surface area contributed by atoms with Crippen LogP contribution in [0.3, 0.4) is 0 Å². The molecule has 1 heterocycles. The molecule has 20 heavy (non-hydrogen) atoms. The minimum Gasteiger partial charge on any atom is -0.357 e. The van der Waals surface area contributed by atoms with Crippen LogP contribution in [-0.4, -0.2) is 42.3 Å². The Kier molecular flexibility index (Phi) is 5.44. The summed E-state index contributed by atoms with van der Waals surface area (Å²) in [6.45, 7) is 10.7. The van der Waals surface area contributed by atoms with Crippen molar-refractivity contribution in [2.75, 3.05) is 19.6 Å². The summed E-state index contributed by atoms with van der Waals surface area (Å²) in [6.07, 6.45) is 5.39. The molecule has 0 aromatic rings. The topological polar surface area (TPSA) is 44.7 Å². The summed E-state index contributed by atoms with van der Waals surface area (Å²) in [5.41, 5.74) is 0. The Morgan fingerprint density at radius 3 is 2.70 bits per heavy atom. The molecule has 0 aromatic heterocycles. The van der Waals surface area contributed by atoms with Crippen molar-refractivity contribution in [3.05, 3.63) is 6.92 Å². The highest BCUT2D eigenvalue weighted by molar-refractivity contribution is 5.85. The van der Waals surface area contributed by atoms with Crippen LogP contribution >= 0.6 is 0 Å². The van der Waals surface area contributed by atoms with Gasteiger partial charge in [0.25, 0.3) is 0 Å². The van der Waals surface area contributed by atoms with Crippen LogP contribution in [0.4, 0.5) is 0 Å². The van der Waals surface area contributed by atoms with E-state index in [1.54, 1.807) is 0 Å². The molecule has 0 unspecified atom stereocenters. The number of carbonyl (C=O) groups is 1. The van der Waals surface area contributed by atoms with Gasteiger partial charge in [0, 0.05) is 37.5 Å². The molecule has 1 aliphatic carbocycles. The second kappa shape index (κ2) is 7.09. The van der Waals surface area contributed by atoms with Crippen LogP contribution in [-0.2, 0) is 4.79 Å². The minimum absolute atomic E-state index is 0.190. The van der Waals surface area contributed by atoms with Gasteiger partial charge in [-0.2, -0.15) is 0 Å². The molecule has 0 saturated heterocycles. The Morgan fingerprint density at radius 1 is 1.40 bits per heavy atom. The number of amides is 1. The summed E-state index contributed by atoms with van der Waals surface area (Å²) in [5.74, 6) is 2.16. The number of nitrogens with zero attached hydrogens (tertiary/aromatic N) is 2. The number of aliphatic imine (C=N–C) groups is 1. The zero-order chi connectivity index (χ0) is 14.5. The van der Waals surface area contributed by atoms with Crippen LogP contribution in [0.2, 0.25) is 0 Å². The van der Waals surface area contributed by atoms with Gasteiger partial charge < -0.3 is 10.2 Å². The van der Waals surface area contributed by atoms with E-state index in [0.717, 1.165) is 45.2 Å². The van der Waals surface area contributed by atoms with Crippen molar-refractivity contribution in [1.82, 2.24) is 10.2 Å². The van der Waals surface area contributed by atoms with Gasteiger partial charge in [0.2, 0.25) is 5.91 Å². The molecule has 2 rings (SSSR count). The van der Waals surface area contributed by atoms with E-state index in [0.29, 0.717) is 18.5 Å². The zero-order valence-electron chi connectivity index (χ0n) is 12.9. The molecule has 1 N–H and O–H groups in total. The summed E-state index contributed by atoms with van der Waals surface area (Å²) < 4.78 is 0. The lowest BCUT2D eigenvalue weighted by molar-refractivity contribution is -0.126. The summed E-state index contributed by atoms with van der Waals surface area (Å²) in [6, 6.07) is 0.584. The van der Waals surface area contributed by atoms with Crippen LogP contribution in [0.25, 0.3) is 0 Å². The highest BCUT2D eigenvalue weighted by atomic mass is 16.1. The van der Waals surface area contributed by atoms with E-state index in [-0.39, 0.29) is 11.8 Å². The monoisotopic (exact) mass is 278 g/mol. The molecule has 0 atom stereocenters. The van der Waals surface area contributed by atoms with Crippen LogP contribution in [0.15, 0.2) is 4.99 Å². The number of rotatable bonds is 4. The number of nitrogens with one attached hydrogen (secondary N) is 1. The van der Waals surface area contributed by atoms with E-state index in [1.165, 1.54) is 5.84 Å². The summed E-state index contributed by atoms with van der Waals surface area (Å²) >= 11 is 0. The summed E-state index contributed by atoms with van der Waals surface area (Å²) in [5, 5.41) is 2.85. The fourth-order valence-corrected chi connectivity index (χ4v) is 3.44. The SMILES string of the molecule is [CH2]CNC(=O)C1CCC(N2CCCN=C2C(C)C)CC1. The Hall–Kier alpha value is -1.06. The number of hydrogen-bond donors (Lipinski definition) is 1. The number of hydrogen-bond acceptors (Lipinski definition) is 3. The molecule has 4 heteroatoms. The fourth-order valence-electron chi connectivity index (χ4n) is 3.44. The average molecular weight is 278 g/mol. The maximum Gasteiger partial charge on any atom is 0.223 e. The zero-order valence-corrected chi connectivity index (χ0v) is 12.9. The van der Waals surface area contributed by atoms with Gasteiger partial charge in [0.05, 0.1) is 0 Å². The normalized spacial score (nSPS) is 27.4. The fraction of sp³-hybridized carbons (Fsp3) is 0.812. The lowest BCUT2D eigenvalue weighted by Crippen LogP contribution is -2.48. The summed E-state index contributed by atoms with van der Waals surface area (Å²) in [4.78, 5) is 19.1. The molecule has 1 fully saturated rings. The molecule has 2 aliphatic rings. The second-order valence-corrected chi connectivity index (χ2v) is 6.24. The molecule has 0 aromatic carbocycles.